The molecule has 0 aliphatic carbocycles. The Labute approximate surface area is 102 Å². The summed E-state index contributed by atoms with van der Waals surface area (Å²) in [5.74, 6) is 5.35. The predicted octanol–water partition coefficient (Wildman–Crippen LogP) is 1.09. The molecule has 1 aromatic rings. The van der Waals surface area contributed by atoms with Gasteiger partial charge in [-0.3, -0.25) is 4.79 Å². The number of nitrogens with one attached hydrogen (secondary N) is 1. The van der Waals surface area contributed by atoms with E-state index >= 15 is 0 Å². The van der Waals surface area contributed by atoms with E-state index in [4.69, 9.17) is 5.73 Å². The number of amides is 1. The fourth-order valence-electron chi connectivity index (χ4n) is 1.45. The predicted molar refractivity (Wildman–Crippen MR) is 69.2 cm³/mol. The van der Waals surface area contributed by atoms with E-state index in [9.17, 15) is 4.79 Å². The summed E-state index contributed by atoms with van der Waals surface area (Å²) < 4.78 is 0. The molecule has 0 aliphatic rings. The highest BCUT2D eigenvalue weighted by atomic mass is 16.2. The maximum atomic E-state index is 11.5. The van der Waals surface area contributed by atoms with Gasteiger partial charge >= 0.3 is 0 Å². The number of benzene rings is 1. The van der Waals surface area contributed by atoms with Gasteiger partial charge in [-0.2, -0.15) is 0 Å². The lowest BCUT2D eigenvalue weighted by Gasteiger charge is -2.10. The van der Waals surface area contributed by atoms with E-state index in [-0.39, 0.29) is 5.91 Å². The van der Waals surface area contributed by atoms with Crippen LogP contribution in [0.15, 0.2) is 30.3 Å². The van der Waals surface area contributed by atoms with Crippen LogP contribution < -0.4 is 11.1 Å². The summed E-state index contributed by atoms with van der Waals surface area (Å²) in [5, 5.41) is 2.68. The van der Waals surface area contributed by atoms with Gasteiger partial charge in [-0.1, -0.05) is 36.3 Å². The standard InChI is InChI=1S/C14H18N2O/c1-2-3-11-16-14(17)13(15)10-9-12-7-5-4-6-8-12/h4-8,13H,9-11,15H2,1H3,(H,16,17). The summed E-state index contributed by atoms with van der Waals surface area (Å²) in [5.41, 5.74) is 6.99. The van der Waals surface area contributed by atoms with Crippen LogP contribution in [0.5, 0.6) is 0 Å². The quantitative estimate of drug-likeness (QED) is 0.744. The molecule has 3 heteroatoms. The smallest absolute Gasteiger partial charge is 0.237 e. The van der Waals surface area contributed by atoms with Crippen LogP contribution in [0, 0.1) is 11.8 Å². The van der Waals surface area contributed by atoms with E-state index < -0.39 is 6.04 Å². The average Bonchev–Trinajstić information content (AvgIpc) is 2.37. The van der Waals surface area contributed by atoms with Crippen LogP contribution in [0.3, 0.4) is 0 Å². The minimum Gasteiger partial charge on any atom is -0.344 e. The molecular formula is C14H18N2O. The molecule has 1 amide bonds. The number of carbonyl (C=O) groups is 1. The van der Waals surface area contributed by atoms with Crippen LogP contribution in [0.2, 0.25) is 0 Å². The van der Waals surface area contributed by atoms with Crippen molar-refractivity contribution in [1.82, 2.24) is 5.32 Å². The van der Waals surface area contributed by atoms with Gasteiger partial charge in [0.05, 0.1) is 12.6 Å². The average molecular weight is 230 g/mol. The molecule has 0 saturated heterocycles. The van der Waals surface area contributed by atoms with E-state index in [0.29, 0.717) is 13.0 Å². The SMILES string of the molecule is CC#CCNC(=O)C(N)CCc1ccccc1. The second-order valence-corrected chi connectivity index (χ2v) is 3.78. The number of nitrogens with two attached hydrogens (primary N) is 1. The highest BCUT2D eigenvalue weighted by Crippen LogP contribution is 2.03. The van der Waals surface area contributed by atoms with Gasteiger partial charge in [-0.15, -0.1) is 5.92 Å². The Morgan fingerprint density at radius 1 is 1.41 bits per heavy atom. The maximum Gasteiger partial charge on any atom is 0.237 e. The molecule has 1 unspecified atom stereocenters. The maximum absolute atomic E-state index is 11.5. The Morgan fingerprint density at radius 2 is 2.12 bits per heavy atom. The van der Waals surface area contributed by atoms with Crippen molar-refractivity contribution in [2.75, 3.05) is 6.54 Å². The number of hydrogen-bond donors (Lipinski definition) is 2. The van der Waals surface area contributed by atoms with Crippen LogP contribution in [0.25, 0.3) is 0 Å². The minimum absolute atomic E-state index is 0.135. The molecule has 0 bridgehead atoms. The first-order chi connectivity index (χ1) is 8.24. The summed E-state index contributed by atoms with van der Waals surface area (Å²) in [6.07, 6.45) is 1.46. The molecular weight excluding hydrogens is 212 g/mol. The van der Waals surface area contributed by atoms with Gasteiger partial charge in [0.2, 0.25) is 5.91 Å². The Bertz CT molecular complexity index is 403. The van der Waals surface area contributed by atoms with E-state index in [1.54, 1.807) is 6.92 Å². The molecule has 1 aromatic carbocycles. The monoisotopic (exact) mass is 230 g/mol. The van der Waals surface area contributed by atoms with Crippen molar-refractivity contribution in [2.45, 2.75) is 25.8 Å². The van der Waals surface area contributed by atoms with Gasteiger partial charge in [0.1, 0.15) is 0 Å². The first-order valence-electron chi connectivity index (χ1n) is 5.71. The molecule has 17 heavy (non-hydrogen) atoms. The molecule has 0 fully saturated rings. The van der Waals surface area contributed by atoms with E-state index in [0.717, 1.165) is 6.42 Å². The molecule has 0 aromatic heterocycles. The number of hydrogen-bond acceptors (Lipinski definition) is 2. The van der Waals surface area contributed by atoms with Crippen molar-refractivity contribution in [2.24, 2.45) is 5.73 Å². The van der Waals surface area contributed by atoms with Crippen molar-refractivity contribution in [3.8, 4) is 11.8 Å². The number of rotatable bonds is 5. The lowest BCUT2D eigenvalue weighted by Crippen LogP contribution is -2.40. The zero-order valence-electron chi connectivity index (χ0n) is 10.1. The highest BCUT2D eigenvalue weighted by Gasteiger charge is 2.11. The van der Waals surface area contributed by atoms with E-state index in [1.165, 1.54) is 5.56 Å². The molecule has 0 radical (unpaired) electrons. The third kappa shape index (κ3) is 5.19. The summed E-state index contributed by atoms with van der Waals surface area (Å²) in [6, 6.07) is 9.55. The molecule has 1 rings (SSSR count). The molecule has 0 heterocycles. The van der Waals surface area contributed by atoms with Crippen molar-refractivity contribution >= 4 is 5.91 Å². The van der Waals surface area contributed by atoms with Gasteiger partial charge < -0.3 is 11.1 Å². The van der Waals surface area contributed by atoms with E-state index in [1.807, 2.05) is 30.3 Å². The largest absolute Gasteiger partial charge is 0.344 e. The van der Waals surface area contributed by atoms with Gasteiger partial charge in [0.25, 0.3) is 0 Å². The van der Waals surface area contributed by atoms with Crippen molar-refractivity contribution in [3.63, 3.8) is 0 Å². The number of carbonyl (C=O) groups excluding carboxylic acids is 1. The second-order valence-electron chi connectivity index (χ2n) is 3.78. The zero-order chi connectivity index (χ0) is 12.5. The highest BCUT2D eigenvalue weighted by molar-refractivity contribution is 5.81. The van der Waals surface area contributed by atoms with Crippen molar-refractivity contribution in [3.05, 3.63) is 35.9 Å². The van der Waals surface area contributed by atoms with Gasteiger partial charge in [-0.05, 0) is 25.3 Å². The summed E-state index contributed by atoms with van der Waals surface area (Å²) in [6.45, 7) is 2.11. The molecule has 1 atom stereocenters. The lowest BCUT2D eigenvalue weighted by molar-refractivity contribution is -0.122. The van der Waals surface area contributed by atoms with Crippen LogP contribution in [0.1, 0.15) is 18.9 Å². The Hall–Kier alpha value is -1.79. The Kier molecular flexibility index (Phi) is 5.84. The minimum atomic E-state index is -0.464. The molecule has 0 saturated carbocycles. The second kappa shape index (κ2) is 7.48. The third-order valence-electron chi connectivity index (χ3n) is 2.45. The van der Waals surface area contributed by atoms with Crippen LogP contribution in [-0.4, -0.2) is 18.5 Å². The van der Waals surface area contributed by atoms with E-state index in [2.05, 4.69) is 17.2 Å². The molecule has 0 aliphatic heterocycles. The summed E-state index contributed by atoms with van der Waals surface area (Å²) in [7, 11) is 0. The molecule has 0 spiro atoms. The fourth-order valence-corrected chi connectivity index (χ4v) is 1.45. The first kappa shape index (κ1) is 13.3. The molecule has 3 nitrogen and oxygen atoms in total. The van der Waals surface area contributed by atoms with Crippen LogP contribution in [0.4, 0.5) is 0 Å². The van der Waals surface area contributed by atoms with Gasteiger partial charge in [-0.25, -0.2) is 0 Å². The summed E-state index contributed by atoms with van der Waals surface area (Å²) >= 11 is 0. The molecule has 3 N–H and O–H groups in total. The van der Waals surface area contributed by atoms with Crippen molar-refractivity contribution in [1.29, 1.82) is 0 Å². The Morgan fingerprint density at radius 3 is 2.76 bits per heavy atom. The number of aryl methyl sites for hydroxylation is 1. The van der Waals surface area contributed by atoms with Crippen LogP contribution in [-0.2, 0) is 11.2 Å². The fraction of sp³-hybridized carbons (Fsp3) is 0.357. The van der Waals surface area contributed by atoms with Crippen LogP contribution >= 0.6 is 0 Å². The van der Waals surface area contributed by atoms with Gasteiger partial charge in [0, 0.05) is 0 Å². The third-order valence-corrected chi connectivity index (χ3v) is 2.45. The van der Waals surface area contributed by atoms with Gasteiger partial charge in [0.15, 0.2) is 0 Å². The summed E-state index contributed by atoms with van der Waals surface area (Å²) in [4.78, 5) is 11.5. The van der Waals surface area contributed by atoms with Crippen molar-refractivity contribution < 1.29 is 4.79 Å². The Balaban J connectivity index is 2.30. The molecule has 90 valence electrons. The topological polar surface area (TPSA) is 55.1 Å². The normalized spacial score (nSPS) is 11.2. The first-order valence-corrected chi connectivity index (χ1v) is 5.71. The lowest BCUT2D eigenvalue weighted by atomic mass is 10.1. The zero-order valence-corrected chi connectivity index (χ0v) is 10.1.